The Morgan fingerprint density at radius 1 is 1.37 bits per heavy atom. The molecule has 1 aliphatic rings. The van der Waals surface area contributed by atoms with E-state index in [1.165, 1.54) is 12.8 Å². The minimum absolute atomic E-state index is 0.146. The third-order valence-corrected chi connectivity index (χ3v) is 5.28. The molecule has 5 heteroatoms. The number of aliphatic hydroxyl groups is 1. The highest BCUT2D eigenvalue weighted by Crippen LogP contribution is 2.26. The van der Waals surface area contributed by atoms with Gasteiger partial charge < -0.3 is 15.7 Å². The molecule has 3 N–H and O–H groups in total. The second kappa shape index (κ2) is 8.00. The predicted molar refractivity (Wildman–Crippen MR) is 81.6 cm³/mol. The summed E-state index contributed by atoms with van der Waals surface area (Å²) in [5, 5.41) is 16.6. The van der Waals surface area contributed by atoms with Crippen molar-refractivity contribution in [2.75, 3.05) is 12.8 Å². The molecule has 112 valence electrons. The molecule has 0 aliphatic heterocycles. The van der Waals surface area contributed by atoms with Crippen LogP contribution < -0.4 is 10.6 Å². The highest BCUT2D eigenvalue weighted by molar-refractivity contribution is 7.99. The highest BCUT2D eigenvalue weighted by atomic mass is 32.2. The second-order valence-electron chi connectivity index (χ2n) is 5.48. The van der Waals surface area contributed by atoms with Gasteiger partial charge in [0.1, 0.15) is 0 Å². The Morgan fingerprint density at radius 2 is 2.05 bits per heavy atom. The summed E-state index contributed by atoms with van der Waals surface area (Å²) in [6.07, 6.45) is 8.01. The molecule has 0 aromatic heterocycles. The molecule has 0 saturated heterocycles. The number of rotatable bonds is 6. The Kier molecular flexibility index (Phi) is 7.00. The average molecular weight is 288 g/mol. The summed E-state index contributed by atoms with van der Waals surface area (Å²) >= 11 is 1.89. The van der Waals surface area contributed by atoms with E-state index in [2.05, 4.69) is 16.9 Å². The lowest BCUT2D eigenvalue weighted by molar-refractivity contribution is 0.0348. The van der Waals surface area contributed by atoms with Crippen LogP contribution in [0.4, 0.5) is 4.79 Å². The van der Waals surface area contributed by atoms with Crippen LogP contribution in [-0.4, -0.2) is 40.8 Å². The van der Waals surface area contributed by atoms with Crippen LogP contribution in [-0.2, 0) is 0 Å². The van der Waals surface area contributed by atoms with E-state index in [-0.39, 0.29) is 12.1 Å². The van der Waals surface area contributed by atoms with Crippen molar-refractivity contribution in [1.29, 1.82) is 0 Å². The SMILES string of the molecule is CCC(O)(CC)CNC(=O)NC1CCCC(SC)C1. The van der Waals surface area contributed by atoms with Crippen LogP contribution in [0.15, 0.2) is 0 Å². The zero-order valence-electron chi connectivity index (χ0n) is 12.4. The monoisotopic (exact) mass is 288 g/mol. The lowest BCUT2D eigenvalue weighted by Crippen LogP contribution is -2.49. The summed E-state index contributed by atoms with van der Waals surface area (Å²) in [5.74, 6) is 0. The van der Waals surface area contributed by atoms with E-state index >= 15 is 0 Å². The first-order chi connectivity index (χ1) is 9.03. The largest absolute Gasteiger partial charge is 0.388 e. The maximum atomic E-state index is 11.8. The van der Waals surface area contributed by atoms with E-state index in [4.69, 9.17) is 0 Å². The zero-order valence-corrected chi connectivity index (χ0v) is 13.2. The Morgan fingerprint density at radius 3 is 2.63 bits per heavy atom. The van der Waals surface area contributed by atoms with Crippen molar-refractivity contribution in [2.24, 2.45) is 0 Å². The lowest BCUT2D eigenvalue weighted by atomic mass is 9.95. The van der Waals surface area contributed by atoms with Gasteiger partial charge in [-0.15, -0.1) is 0 Å². The molecule has 1 rings (SSSR count). The van der Waals surface area contributed by atoms with Gasteiger partial charge in [-0.25, -0.2) is 4.79 Å². The minimum Gasteiger partial charge on any atom is -0.388 e. The quantitative estimate of drug-likeness (QED) is 0.704. The van der Waals surface area contributed by atoms with E-state index in [1.54, 1.807) is 0 Å². The summed E-state index contributed by atoms with van der Waals surface area (Å²) in [7, 11) is 0. The maximum absolute atomic E-state index is 11.8. The van der Waals surface area contributed by atoms with Gasteiger partial charge in [-0.3, -0.25) is 0 Å². The molecule has 1 saturated carbocycles. The molecule has 0 aromatic carbocycles. The summed E-state index contributed by atoms with van der Waals surface area (Å²) in [4.78, 5) is 11.8. The van der Waals surface area contributed by atoms with E-state index in [9.17, 15) is 9.90 Å². The standard InChI is InChI=1S/C14H28N2O2S/c1-4-14(18,5-2)10-15-13(17)16-11-7-6-8-12(9-11)19-3/h11-12,18H,4-10H2,1-3H3,(H2,15,16,17). The van der Waals surface area contributed by atoms with Crippen LogP contribution in [0.3, 0.4) is 0 Å². The van der Waals surface area contributed by atoms with Gasteiger partial charge in [0.05, 0.1) is 5.60 Å². The molecule has 0 spiro atoms. The fourth-order valence-corrected chi connectivity index (χ4v) is 3.30. The van der Waals surface area contributed by atoms with Gasteiger partial charge in [0.2, 0.25) is 0 Å². The van der Waals surface area contributed by atoms with E-state index in [1.807, 2.05) is 25.6 Å². The molecule has 0 heterocycles. The Hall–Kier alpha value is -0.420. The molecular weight excluding hydrogens is 260 g/mol. The van der Waals surface area contributed by atoms with Crippen molar-refractivity contribution in [2.45, 2.75) is 69.3 Å². The van der Waals surface area contributed by atoms with Crippen LogP contribution in [0.5, 0.6) is 0 Å². The van der Waals surface area contributed by atoms with Crippen LogP contribution in [0, 0.1) is 0 Å². The molecule has 0 bridgehead atoms. The van der Waals surface area contributed by atoms with Gasteiger partial charge in [-0.1, -0.05) is 20.3 Å². The number of urea groups is 1. The molecule has 2 amide bonds. The van der Waals surface area contributed by atoms with Crippen LogP contribution in [0.2, 0.25) is 0 Å². The smallest absolute Gasteiger partial charge is 0.315 e. The number of carbonyl (C=O) groups is 1. The van der Waals surface area contributed by atoms with Gasteiger partial charge in [0.15, 0.2) is 0 Å². The Bertz CT molecular complexity index is 283. The van der Waals surface area contributed by atoms with Crippen LogP contribution >= 0.6 is 11.8 Å². The molecule has 19 heavy (non-hydrogen) atoms. The summed E-state index contributed by atoms with van der Waals surface area (Å²) < 4.78 is 0. The number of carbonyl (C=O) groups excluding carboxylic acids is 1. The molecule has 0 radical (unpaired) electrons. The third-order valence-electron chi connectivity index (χ3n) is 4.19. The van der Waals surface area contributed by atoms with Crippen LogP contribution in [0.1, 0.15) is 52.4 Å². The van der Waals surface area contributed by atoms with Gasteiger partial charge in [-0.05, 0) is 38.4 Å². The van der Waals surface area contributed by atoms with Crippen molar-refractivity contribution in [3.05, 3.63) is 0 Å². The molecular formula is C14H28N2O2S. The molecule has 1 aliphatic carbocycles. The molecule has 0 aromatic rings. The second-order valence-corrected chi connectivity index (χ2v) is 6.62. The maximum Gasteiger partial charge on any atom is 0.315 e. The highest BCUT2D eigenvalue weighted by Gasteiger charge is 2.25. The normalized spacial score (nSPS) is 24.0. The Balaban J connectivity index is 2.31. The number of amides is 2. The van der Waals surface area contributed by atoms with Gasteiger partial charge in [0, 0.05) is 17.8 Å². The summed E-state index contributed by atoms with van der Waals surface area (Å²) in [6, 6.07) is 0.134. The number of hydrogen-bond donors (Lipinski definition) is 3. The summed E-state index contributed by atoms with van der Waals surface area (Å²) in [5.41, 5.74) is -0.772. The average Bonchev–Trinajstić information content (AvgIpc) is 2.45. The Labute approximate surface area is 121 Å². The molecule has 2 unspecified atom stereocenters. The molecule has 2 atom stereocenters. The van der Waals surface area contributed by atoms with Crippen molar-refractivity contribution in [3.63, 3.8) is 0 Å². The molecule has 1 fully saturated rings. The van der Waals surface area contributed by atoms with Crippen molar-refractivity contribution < 1.29 is 9.90 Å². The topological polar surface area (TPSA) is 61.4 Å². The predicted octanol–water partition coefficient (Wildman–Crippen LogP) is 2.51. The first-order valence-corrected chi connectivity index (χ1v) is 8.61. The molecule has 4 nitrogen and oxygen atoms in total. The number of hydrogen-bond acceptors (Lipinski definition) is 3. The van der Waals surface area contributed by atoms with Crippen molar-refractivity contribution in [3.8, 4) is 0 Å². The summed E-state index contributed by atoms with van der Waals surface area (Å²) in [6.45, 7) is 4.20. The first kappa shape index (κ1) is 16.6. The van der Waals surface area contributed by atoms with Crippen LogP contribution in [0.25, 0.3) is 0 Å². The number of nitrogens with one attached hydrogen (secondary N) is 2. The fourth-order valence-electron chi connectivity index (χ4n) is 2.47. The van der Waals surface area contributed by atoms with Gasteiger partial charge >= 0.3 is 6.03 Å². The van der Waals surface area contributed by atoms with Gasteiger partial charge in [-0.2, -0.15) is 11.8 Å². The van der Waals surface area contributed by atoms with E-state index < -0.39 is 5.60 Å². The minimum atomic E-state index is -0.772. The number of thioether (sulfide) groups is 1. The van der Waals surface area contributed by atoms with E-state index in [0.717, 1.165) is 12.8 Å². The van der Waals surface area contributed by atoms with Crippen molar-refractivity contribution >= 4 is 17.8 Å². The zero-order chi connectivity index (χ0) is 14.3. The van der Waals surface area contributed by atoms with Crippen molar-refractivity contribution in [1.82, 2.24) is 10.6 Å². The fraction of sp³-hybridized carbons (Fsp3) is 0.929. The van der Waals surface area contributed by atoms with Gasteiger partial charge in [0.25, 0.3) is 0 Å². The first-order valence-electron chi connectivity index (χ1n) is 7.32. The third kappa shape index (κ3) is 5.61. The lowest BCUT2D eigenvalue weighted by Gasteiger charge is -2.30. The van der Waals surface area contributed by atoms with E-state index in [0.29, 0.717) is 24.6 Å².